The molecule has 0 bridgehead atoms. The molecule has 3 heteroatoms. The zero-order valence-corrected chi connectivity index (χ0v) is 9.21. The first kappa shape index (κ1) is 10.3. The number of hydrogen-bond acceptors (Lipinski definition) is 3. The van der Waals surface area contributed by atoms with Crippen LogP contribution in [0.15, 0.2) is 24.3 Å². The van der Waals surface area contributed by atoms with Gasteiger partial charge in [-0.2, -0.15) is 0 Å². The van der Waals surface area contributed by atoms with Gasteiger partial charge in [-0.15, -0.1) is 0 Å². The van der Waals surface area contributed by atoms with Gasteiger partial charge in [0.05, 0.1) is 0 Å². The Hall–Kier alpha value is -1.25. The normalized spacial score (nSPS) is 39.3. The first-order valence-corrected chi connectivity index (χ1v) is 5.16. The summed E-state index contributed by atoms with van der Waals surface area (Å²) in [4.78, 5) is 11.1. The molecule has 2 fully saturated rings. The summed E-state index contributed by atoms with van der Waals surface area (Å²) in [5.41, 5.74) is 1.42. The van der Waals surface area contributed by atoms with Crippen molar-refractivity contribution < 1.29 is 14.3 Å². The summed E-state index contributed by atoms with van der Waals surface area (Å²) < 4.78 is 10.4. The number of ether oxygens (including phenoxy) is 2. The SMILES string of the molecule is C=C(C)[C@@H]1CC(=C)[C@]2(C)OC(=O)O[C@@H]2C1. The van der Waals surface area contributed by atoms with E-state index in [9.17, 15) is 4.79 Å². The highest BCUT2D eigenvalue weighted by Crippen LogP contribution is 2.45. The highest BCUT2D eigenvalue weighted by Gasteiger charge is 2.53. The van der Waals surface area contributed by atoms with Gasteiger partial charge in [0.2, 0.25) is 0 Å². The summed E-state index contributed by atoms with van der Waals surface area (Å²) in [7, 11) is 0. The summed E-state index contributed by atoms with van der Waals surface area (Å²) in [6.07, 6.45) is 0.842. The van der Waals surface area contributed by atoms with Crippen LogP contribution in [-0.4, -0.2) is 17.9 Å². The van der Waals surface area contributed by atoms with Crippen LogP contribution in [-0.2, 0) is 9.47 Å². The van der Waals surface area contributed by atoms with Crippen molar-refractivity contribution in [1.82, 2.24) is 0 Å². The van der Waals surface area contributed by atoms with Crippen molar-refractivity contribution in [3.8, 4) is 0 Å². The van der Waals surface area contributed by atoms with Gasteiger partial charge in [-0.25, -0.2) is 4.79 Å². The van der Waals surface area contributed by atoms with E-state index in [0.29, 0.717) is 5.92 Å². The van der Waals surface area contributed by atoms with Crippen molar-refractivity contribution in [2.45, 2.75) is 38.4 Å². The lowest BCUT2D eigenvalue weighted by Crippen LogP contribution is -2.44. The molecule has 0 aromatic carbocycles. The molecule has 2 rings (SSSR count). The van der Waals surface area contributed by atoms with Crippen molar-refractivity contribution in [2.24, 2.45) is 5.92 Å². The summed E-state index contributed by atoms with van der Waals surface area (Å²) in [6, 6.07) is 0. The van der Waals surface area contributed by atoms with Gasteiger partial charge < -0.3 is 9.47 Å². The van der Waals surface area contributed by atoms with Gasteiger partial charge in [-0.05, 0) is 38.2 Å². The largest absolute Gasteiger partial charge is 0.509 e. The number of rotatable bonds is 1. The molecule has 0 aromatic rings. The minimum absolute atomic E-state index is 0.201. The van der Waals surface area contributed by atoms with Crippen LogP contribution in [0.4, 0.5) is 4.79 Å². The average molecular weight is 208 g/mol. The molecule has 1 aliphatic carbocycles. The predicted octanol–water partition coefficient (Wildman–Crippen LogP) is 2.82. The van der Waals surface area contributed by atoms with E-state index < -0.39 is 11.8 Å². The summed E-state index contributed by atoms with van der Waals surface area (Å²) >= 11 is 0. The molecule has 3 nitrogen and oxygen atoms in total. The highest BCUT2D eigenvalue weighted by molar-refractivity contribution is 5.65. The van der Waals surface area contributed by atoms with Gasteiger partial charge in [-0.1, -0.05) is 18.7 Å². The highest BCUT2D eigenvalue weighted by atomic mass is 16.8. The van der Waals surface area contributed by atoms with Crippen LogP contribution in [0.3, 0.4) is 0 Å². The second-order valence-electron chi connectivity index (χ2n) is 4.65. The fourth-order valence-electron chi connectivity index (χ4n) is 2.28. The Morgan fingerprint density at radius 3 is 2.87 bits per heavy atom. The van der Waals surface area contributed by atoms with E-state index in [4.69, 9.17) is 9.47 Å². The maximum Gasteiger partial charge on any atom is 0.509 e. The summed E-state index contributed by atoms with van der Waals surface area (Å²) in [5.74, 6) is 0.352. The second kappa shape index (κ2) is 3.12. The molecule has 15 heavy (non-hydrogen) atoms. The minimum Gasteiger partial charge on any atom is -0.426 e. The predicted molar refractivity (Wildman–Crippen MR) is 56.4 cm³/mol. The maximum atomic E-state index is 11.1. The molecule has 1 saturated heterocycles. The van der Waals surface area contributed by atoms with E-state index in [2.05, 4.69) is 13.2 Å². The number of allylic oxidation sites excluding steroid dienone is 1. The van der Waals surface area contributed by atoms with Crippen LogP contribution in [0, 0.1) is 5.92 Å². The molecule has 3 atom stereocenters. The molecular formula is C12H16O3. The van der Waals surface area contributed by atoms with Gasteiger partial charge in [0, 0.05) is 0 Å². The van der Waals surface area contributed by atoms with Gasteiger partial charge in [0.15, 0.2) is 5.60 Å². The van der Waals surface area contributed by atoms with Crippen LogP contribution in [0.25, 0.3) is 0 Å². The fourth-order valence-corrected chi connectivity index (χ4v) is 2.28. The molecule has 0 unspecified atom stereocenters. The standard InChI is InChI=1S/C12H16O3/c1-7(2)9-5-8(3)12(4)10(6-9)14-11(13)15-12/h9-10H,1,3,5-6H2,2,4H3/t9-,10-,12+/m1/s1. The molecule has 0 radical (unpaired) electrons. The molecule has 0 amide bonds. The van der Waals surface area contributed by atoms with Gasteiger partial charge >= 0.3 is 6.16 Å². The molecule has 0 N–H and O–H groups in total. The summed E-state index contributed by atoms with van der Waals surface area (Å²) in [5, 5.41) is 0. The maximum absolute atomic E-state index is 11.1. The molecule has 2 aliphatic rings. The zero-order chi connectivity index (χ0) is 11.2. The van der Waals surface area contributed by atoms with E-state index in [1.54, 1.807) is 0 Å². The number of carbonyl (C=O) groups excluding carboxylic acids is 1. The fraction of sp³-hybridized carbons (Fsp3) is 0.583. The lowest BCUT2D eigenvalue weighted by atomic mass is 9.72. The molecule has 0 aromatic heterocycles. The Balaban J connectivity index is 2.25. The Morgan fingerprint density at radius 1 is 1.60 bits per heavy atom. The number of carbonyl (C=O) groups is 1. The van der Waals surface area contributed by atoms with E-state index in [1.807, 2.05) is 13.8 Å². The van der Waals surface area contributed by atoms with E-state index >= 15 is 0 Å². The average Bonchev–Trinajstić information content (AvgIpc) is 2.41. The Bertz CT molecular complexity index is 345. The lowest BCUT2D eigenvalue weighted by Gasteiger charge is -2.37. The van der Waals surface area contributed by atoms with Crippen LogP contribution in [0.5, 0.6) is 0 Å². The first-order chi connectivity index (χ1) is 6.93. The Morgan fingerprint density at radius 2 is 2.27 bits per heavy atom. The second-order valence-corrected chi connectivity index (χ2v) is 4.65. The molecule has 1 heterocycles. The Kier molecular flexibility index (Phi) is 2.14. The van der Waals surface area contributed by atoms with Crippen molar-refractivity contribution in [3.63, 3.8) is 0 Å². The molecule has 0 spiro atoms. The van der Waals surface area contributed by atoms with Crippen LogP contribution in [0.1, 0.15) is 26.7 Å². The van der Waals surface area contributed by atoms with Gasteiger partial charge in [-0.3, -0.25) is 0 Å². The van der Waals surface area contributed by atoms with Crippen molar-refractivity contribution in [3.05, 3.63) is 24.3 Å². The van der Waals surface area contributed by atoms with Crippen LogP contribution in [0.2, 0.25) is 0 Å². The minimum atomic E-state index is -0.622. The quantitative estimate of drug-likeness (QED) is 0.491. The first-order valence-electron chi connectivity index (χ1n) is 5.16. The molecule has 1 saturated carbocycles. The van der Waals surface area contributed by atoms with E-state index in [1.165, 1.54) is 0 Å². The van der Waals surface area contributed by atoms with Crippen molar-refractivity contribution in [1.29, 1.82) is 0 Å². The van der Waals surface area contributed by atoms with Gasteiger partial charge in [0.25, 0.3) is 0 Å². The van der Waals surface area contributed by atoms with E-state index in [0.717, 1.165) is 24.0 Å². The van der Waals surface area contributed by atoms with Crippen molar-refractivity contribution >= 4 is 6.16 Å². The monoisotopic (exact) mass is 208 g/mol. The zero-order valence-electron chi connectivity index (χ0n) is 9.21. The van der Waals surface area contributed by atoms with Crippen LogP contribution < -0.4 is 0 Å². The molecular weight excluding hydrogens is 192 g/mol. The number of hydrogen-bond donors (Lipinski definition) is 0. The Labute approximate surface area is 89.8 Å². The van der Waals surface area contributed by atoms with Gasteiger partial charge in [0.1, 0.15) is 6.10 Å². The molecule has 1 aliphatic heterocycles. The topological polar surface area (TPSA) is 35.5 Å². The number of fused-ring (bicyclic) bond motifs is 1. The summed E-state index contributed by atoms with van der Waals surface area (Å²) in [6.45, 7) is 11.8. The van der Waals surface area contributed by atoms with Crippen LogP contribution >= 0.6 is 0 Å². The molecule has 82 valence electrons. The third kappa shape index (κ3) is 1.46. The van der Waals surface area contributed by atoms with E-state index in [-0.39, 0.29) is 6.10 Å². The van der Waals surface area contributed by atoms with Crippen molar-refractivity contribution in [2.75, 3.05) is 0 Å². The third-order valence-corrected chi connectivity index (χ3v) is 3.54. The smallest absolute Gasteiger partial charge is 0.426 e. The lowest BCUT2D eigenvalue weighted by molar-refractivity contribution is 0.0487. The third-order valence-electron chi connectivity index (χ3n) is 3.54.